The van der Waals surface area contributed by atoms with Crippen LogP contribution in [-0.4, -0.2) is 21.7 Å². The largest absolute Gasteiger partial charge is 0.463 e. The summed E-state index contributed by atoms with van der Waals surface area (Å²) in [5, 5.41) is 0.953. The van der Waals surface area contributed by atoms with E-state index in [4.69, 9.17) is 9.73 Å². The summed E-state index contributed by atoms with van der Waals surface area (Å²) in [6.45, 7) is 8.37. The Morgan fingerprint density at radius 3 is 2.51 bits per heavy atom. The zero-order chi connectivity index (χ0) is 30.2. The molecule has 43 heavy (non-hydrogen) atoms. The predicted molar refractivity (Wildman–Crippen MR) is 168 cm³/mol. The first-order valence-corrected chi connectivity index (χ1v) is 15.2. The van der Waals surface area contributed by atoms with Crippen LogP contribution < -0.4 is 14.9 Å². The number of nitrogens with zero attached hydrogens (tertiary/aromatic N) is 3. The Morgan fingerprint density at radius 1 is 1.07 bits per heavy atom. The molecule has 8 heteroatoms. The summed E-state index contributed by atoms with van der Waals surface area (Å²) in [6.07, 6.45) is 3.82. The van der Waals surface area contributed by atoms with Crippen molar-refractivity contribution in [2.75, 3.05) is 6.61 Å². The number of rotatable bonds is 7. The Hall–Kier alpha value is -4.56. The Morgan fingerprint density at radius 2 is 1.79 bits per heavy atom. The molecule has 0 N–H and O–H groups in total. The summed E-state index contributed by atoms with van der Waals surface area (Å²) in [5.74, 6) is -0.394. The van der Waals surface area contributed by atoms with Gasteiger partial charge in [0.25, 0.3) is 5.56 Å². The van der Waals surface area contributed by atoms with Crippen molar-refractivity contribution in [3.63, 3.8) is 0 Å². The molecule has 3 heterocycles. The third kappa shape index (κ3) is 5.27. The Balaban J connectivity index is 1.51. The SMILES string of the molecule is CCOC(=O)C1=C(C)N=c2s/c(=C/c3cn(Cc4ccccc4F)c4ccccc34)c(=O)n2C1c1ccc(C(C)C)cc1. The van der Waals surface area contributed by atoms with Crippen LogP contribution in [0, 0.1) is 5.82 Å². The fourth-order valence-electron chi connectivity index (χ4n) is 5.64. The molecular formula is C35H32FN3O3S. The van der Waals surface area contributed by atoms with Gasteiger partial charge in [-0.1, -0.05) is 85.8 Å². The van der Waals surface area contributed by atoms with Crippen molar-refractivity contribution >= 4 is 34.3 Å². The number of esters is 1. The normalized spacial score (nSPS) is 15.2. The van der Waals surface area contributed by atoms with Gasteiger partial charge >= 0.3 is 5.97 Å². The summed E-state index contributed by atoms with van der Waals surface area (Å²) in [7, 11) is 0. The molecule has 0 saturated heterocycles. The van der Waals surface area contributed by atoms with E-state index >= 15 is 0 Å². The van der Waals surface area contributed by atoms with E-state index in [2.05, 4.69) is 13.8 Å². The van der Waals surface area contributed by atoms with Crippen molar-refractivity contribution in [2.24, 2.45) is 4.99 Å². The minimum atomic E-state index is -0.666. The van der Waals surface area contributed by atoms with Crippen molar-refractivity contribution in [2.45, 2.75) is 46.2 Å². The maximum absolute atomic E-state index is 14.5. The lowest BCUT2D eigenvalue weighted by atomic mass is 9.93. The van der Waals surface area contributed by atoms with Crippen molar-refractivity contribution in [3.8, 4) is 0 Å². The number of carbonyl (C=O) groups is 1. The van der Waals surface area contributed by atoms with Crippen LogP contribution in [0.5, 0.6) is 0 Å². The summed E-state index contributed by atoms with van der Waals surface area (Å²) in [4.78, 5) is 32.6. The van der Waals surface area contributed by atoms with E-state index in [9.17, 15) is 14.0 Å². The van der Waals surface area contributed by atoms with Gasteiger partial charge in [0, 0.05) is 28.2 Å². The number of benzene rings is 3. The summed E-state index contributed by atoms with van der Waals surface area (Å²) in [6, 6.07) is 22.0. The van der Waals surface area contributed by atoms with E-state index in [1.54, 1.807) is 30.5 Å². The topological polar surface area (TPSA) is 65.6 Å². The molecule has 6 nitrogen and oxygen atoms in total. The highest BCUT2D eigenvalue weighted by Gasteiger charge is 2.33. The Bertz CT molecular complexity index is 2070. The Labute approximate surface area is 252 Å². The first-order chi connectivity index (χ1) is 20.8. The number of ether oxygens (including phenoxy) is 1. The van der Waals surface area contributed by atoms with Crippen LogP contribution >= 0.6 is 11.3 Å². The van der Waals surface area contributed by atoms with Crippen LogP contribution in [0.2, 0.25) is 0 Å². The number of hydrogen-bond acceptors (Lipinski definition) is 5. The first-order valence-electron chi connectivity index (χ1n) is 14.4. The highest BCUT2D eigenvalue weighted by atomic mass is 32.1. The lowest BCUT2D eigenvalue weighted by Gasteiger charge is -2.25. The molecule has 5 aromatic rings. The zero-order valence-corrected chi connectivity index (χ0v) is 25.3. The smallest absolute Gasteiger partial charge is 0.338 e. The van der Waals surface area contributed by atoms with Crippen LogP contribution in [0.1, 0.15) is 61.9 Å². The van der Waals surface area contributed by atoms with Gasteiger partial charge < -0.3 is 9.30 Å². The minimum Gasteiger partial charge on any atom is -0.463 e. The first kappa shape index (κ1) is 28.6. The third-order valence-corrected chi connectivity index (χ3v) is 8.82. The van der Waals surface area contributed by atoms with Crippen molar-refractivity contribution < 1.29 is 13.9 Å². The van der Waals surface area contributed by atoms with Crippen LogP contribution in [0.25, 0.3) is 17.0 Å². The van der Waals surface area contributed by atoms with Crippen LogP contribution in [0.15, 0.2) is 100 Å². The van der Waals surface area contributed by atoms with Gasteiger partial charge in [-0.15, -0.1) is 0 Å². The molecule has 2 aromatic heterocycles. The molecule has 1 unspecified atom stereocenters. The van der Waals surface area contributed by atoms with E-state index < -0.39 is 12.0 Å². The van der Waals surface area contributed by atoms with Gasteiger partial charge in [-0.25, -0.2) is 14.2 Å². The lowest BCUT2D eigenvalue weighted by molar-refractivity contribution is -0.139. The second kappa shape index (κ2) is 11.6. The van der Waals surface area contributed by atoms with Gasteiger partial charge in [0.05, 0.1) is 35.0 Å². The van der Waals surface area contributed by atoms with Gasteiger partial charge in [-0.05, 0) is 49.1 Å². The fourth-order valence-corrected chi connectivity index (χ4v) is 6.68. The number of carbonyl (C=O) groups excluding carboxylic acids is 1. The number of para-hydroxylation sites is 1. The van der Waals surface area contributed by atoms with Gasteiger partial charge in [0.1, 0.15) is 5.82 Å². The van der Waals surface area contributed by atoms with E-state index in [1.807, 2.05) is 71.4 Å². The molecule has 0 amide bonds. The lowest BCUT2D eigenvalue weighted by Crippen LogP contribution is -2.39. The number of aromatic nitrogens is 2. The average molecular weight is 594 g/mol. The highest BCUT2D eigenvalue weighted by molar-refractivity contribution is 7.07. The average Bonchev–Trinajstić information content (AvgIpc) is 3.50. The second-order valence-corrected chi connectivity index (χ2v) is 12.0. The number of hydrogen-bond donors (Lipinski definition) is 0. The quantitative estimate of drug-likeness (QED) is 0.216. The molecule has 0 radical (unpaired) electrons. The molecule has 0 fully saturated rings. The minimum absolute atomic E-state index is 0.218. The van der Waals surface area contributed by atoms with Gasteiger partial charge in [0.15, 0.2) is 4.80 Å². The fraction of sp³-hybridized carbons (Fsp3) is 0.229. The van der Waals surface area contributed by atoms with Crippen LogP contribution in [0.3, 0.4) is 0 Å². The molecule has 218 valence electrons. The number of halogens is 1. The van der Waals surface area contributed by atoms with Crippen LogP contribution in [-0.2, 0) is 16.1 Å². The zero-order valence-electron chi connectivity index (χ0n) is 24.5. The summed E-state index contributed by atoms with van der Waals surface area (Å²) in [5.41, 5.74) is 5.01. The van der Waals surface area contributed by atoms with Gasteiger partial charge in [0.2, 0.25) is 0 Å². The van der Waals surface area contributed by atoms with E-state index in [0.29, 0.717) is 38.6 Å². The predicted octanol–water partition coefficient (Wildman–Crippen LogP) is 6.06. The number of fused-ring (bicyclic) bond motifs is 2. The summed E-state index contributed by atoms with van der Waals surface area (Å²) >= 11 is 1.29. The Kier molecular flexibility index (Phi) is 7.71. The van der Waals surface area contributed by atoms with Gasteiger partial charge in [-0.2, -0.15) is 0 Å². The van der Waals surface area contributed by atoms with Gasteiger partial charge in [-0.3, -0.25) is 9.36 Å². The molecule has 0 bridgehead atoms. The standard InChI is InChI=1S/C35H32FN3O3S/c1-5-42-34(41)31-22(4)37-35-39(32(31)24-16-14-23(15-17-24)21(2)3)33(40)30(43-35)18-26-20-38(29-13-9-7-11-27(26)29)19-25-10-6-8-12-28(25)36/h6-18,20-21,32H,5,19H2,1-4H3/b30-18+. The maximum atomic E-state index is 14.5. The molecule has 6 rings (SSSR count). The molecule has 0 spiro atoms. The molecule has 0 aliphatic carbocycles. The van der Waals surface area contributed by atoms with Crippen molar-refractivity contribution in [1.82, 2.24) is 9.13 Å². The van der Waals surface area contributed by atoms with E-state index in [0.717, 1.165) is 22.0 Å². The molecule has 1 aliphatic heterocycles. The monoisotopic (exact) mass is 593 g/mol. The maximum Gasteiger partial charge on any atom is 0.338 e. The number of thiazole rings is 1. The molecule has 1 atom stereocenters. The van der Waals surface area contributed by atoms with Crippen molar-refractivity contribution in [3.05, 3.63) is 138 Å². The molecule has 3 aromatic carbocycles. The summed E-state index contributed by atoms with van der Waals surface area (Å²) < 4.78 is 24.0. The van der Waals surface area contributed by atoms with Crippen LogP contribution in [0.4, 0.5) is 4.39 Å². The second-order valence-electron chi connectivity index (χ2n) is 10.9. The molecule has 0 saturated carbocycles. The molecular weight excluding hydrogens is 561 g/mol. The van der Waals surface area contributed by atoms with E-state index in [-0.39, 0.29) is 18.0 Å². The van der Waals surface area contributed by atoms with Crippen molar-refractivity contribution in [1.29, 1.82) is 0 Å². The third-order valence-electron chi connectivity index (χ3n) is 7.84. The number of allylic oxidation sites excluding steroid dienone is 1. The molecule has 1 aliphatic rings. The highest BCUT2D eigenvalue weighted by Crippen LogP contribution is 2.32. The van der Waals surface area contributed by atoms with E-state index in [1.165, 1.54) is 23.0 Å².